The van der Waals surface area contributed by atoms with Gasteiger partial charge in [0.1, 0.15) is 0 Å². The smallest absolute Gasteiger partial charge is 0.187 e. The Hall–Kier alpha value is -1.08. The third-order valence-electron chi connectivity index (χ3n) is 4.39. The average Bonchev–Trinajstić information content (AvgIpc) is 3.03. The van der Waals surface area contributed by atoms with Gasteiger partial charge < -0.3 is 10.1 Å². The number of anilines is 2. The molecule has 4 nitrogen and oxygen atoms in total. The molecule has 2 aliphatic heterocycles. The maximum atomic E-state index is 5.64. The van der Waals surface area contributed by atoms with E-state index in [0.717, 1.165) is 43.5 Å². The summed E-state index contributed by atoms with van der Waals surface area (Å²) in [6, 6.07) is 10.9. The lowest BCUT2D eigenvalue weighted by Crippen LogP contribution is -2.51. The summed E-state index contributed by atoms with van der Waals surface area (Å²) in [5.74, 6) is 1.20. The summed E-state index contributed by atoms with van der Waals surface area (Å²) in [4.78, 5) is 7.37. The third kappa shape index (κ3) is 3.71. The van der Waals surface area contributed by atoms with Crippen molar-refractivity contribution in [2.45, 2.75) is 24.3 Å². The molecule has 2 unspecified atom stereocenters. The number of thioether (sulfide) groups is 1. The summed E-state index contributed by atoms with van der Waals surface area (Å²) in [5, 5.41) is 7.17. The van der Waals surface area contributed by atoms with Crippen LogP contribution in [0.25, 0.3) is 0 Å². The minimum absolute atomic E-state index is 0.637. The zero-order chi connectivity index (χ0) is 15.5. The predicted octanol–water partition coefficient (Wildman–Crippen LogP) is 3.59. The molecule has 0 bridgehead atoms. The van der Waals surface area contributed by atoms with Gasteiger partial charge in [0.2, 0.25) is 0 Å². The average molecular weight is 348 g/mol. The molecule has 2 fully saturated rings. The standard InChI is InChI=1S/C17H21N3OS2/c1-2-4-13(5-3-1)18-17-19-14(12-23-17)10-20-7-9-22-16-11-21-8-6-15(16)20/h1-5,12,15-16H,6-11H2,(H,18,19). The zero-order valence-electron chi connectivity index (χ0n) is 13.0. The van der Waals surface area contributed by atoms with Crippen molar-refractivity contribution < 1.29 is 4.74 Å². The molecular weight excluding hydrogens is 326 g/mol. The number of fused-ring (bicyclic) bond motifs is 1. The number of para-hydroxylation sites is 1. The molecule has 3 heterocycles. The van der Waals surface area contributed by atoms with Crippen LogP contribution in [0.4, 0.5) is 10.8 Å². The number of rotatable bonds is 4. The molecule has 0 radical (unpaired) electrons. The fourth-order valence-corrected chi connectivity index (χ4v) is 5.34. The lowest BCUT2D eigenvalue weighted by Gasteiger charge is -2.43. The molecule has 0 aliphatic carbocycles. The first-order valence-electron chi connectivity index (χ1n) is 8.08. The minimum atomic E-state index is 0.637. The van der Waals surface area contributed by atoms with E-state index in [1.807, 2.05) is 18.2 Å². The Morgan fingerprint density at radius 2 is 2.22 bits per heavy atom. The molecule has 4 rings (SSSR count). The molecule has 2 aliphatic rings. The highest BCUT2D eigenvalue weighted by atomic mass is 32.2. The lowest BCUT2D eigenvalue weighted by molar-refractivity contribution is 0.0348. The van der Waals surface area contributed by atoms with E-state index < -0.39 is 0 Å². The summed E-state index contributed by atoms with van der Waals surface area (Å²) < 4.78 is 5.64. The number of hydrogen-bond donors (Lipinski definition) is 1. The quantitative estimate of drug-likeness (QED) is 0.915. The summed E-state index contributed by atoms with van der Waals surface area (Å²) >= 11 is 3.76. The van der Waals surface area contributed by atoms with E-state index in [2.05, 4.69) is 39.5 Å². The SMILES string of the molecule is c1ccc(Nc2nc(CN3CCSC4COCCC43)cs2)cc1. The van der Waals surface area contributed by atoms with E-state index in [4.69, 9.17) is 9.72 Å². The van der Waals surface area contributed by atoms with Crippen molar-refractivity contribution in [3.05, 3.63) is 41.4 Å². The number of ether oxygens (including phenoxy) is 1. The molecule has 1 N–H and O–H groups in total. The fraction of sp³-hybridized carbons (Fsp3) is 0.471. The normalized spacial score (nSPS) is 25.0. The number of benzene rings is 1. The van der Waals surface area contributed by atoms with E-state index >= 15 is 0 Å². The highest BCUT2D eigenvalue weighted by molar-refractivity contribution is 8.00. The van der Waals surface area contributed by atoms with Gasteiger partial charge in [-0.2, -0.15) is 11.8 Å². The Labute approximate surface area is 145 Å². The molecule has 2 aromatic rings. The second-order valence-electron chi connectivity index (χ2n) is 5.95. The van der Waals surface area contributed by atoms with Gasteiger partial charge in [0.15, 0.2) is 5.13 Å². The topological polar surface area (TPSA) is 37.4 Å². The van der Waals surface area contributed by atoms with Gasteiger partial charge in [0.25, 0.3) is 0 Å². The first-order chi connectivity index (χ1) is 11.4. The van der Waals surface area contributed by atoms with Crippen LogP contribution in [0.1, 0.15) is 12.1 Å². The lowest BCUT2D eigenvalue weighted by atomic mass is 10.1. The molecule has 6 heteroatoms. The van der Waals surface area contributed by atoms with Gasteiger partial charge in [-0.25, -0.2) is 4.98 Å². The molecule has 2 saturated heterocycles. The molecule has 0 spiro atoms. The predicted molar refractivity (Wildman–Crippen MR) is 97.7 cm³/mol. The van der Waals surface area contributed by atoms with E-state index in [9.17, 15) is 0 Å². The van der Waals surface area contributed by atoms with Gasteiger partial charge in [-0.3, -0.25) is 4.90 Å². The van der Waals surface area contributed by atoms with E-state index in [0.29, 0.717) is 11.3 Å². The number of hydrogen-bond acceptors (Lipinski definition) is 6. The van der Waals surface area contributed by atoms with Crippen LogP contribution >= 0.6 is 23.1 Å². The number of nitrogens with zero attached hydrogens (tertiary/aromatic N) is 2. The van der Waals surface area contributed by atoms with Crippen molar-refractivity contribution in [2.75, 3.05) is 30.8 Å². The second-order valence-corrected chi connectivity index (χ2v) is 8.15. The first-order valence-corrected chi connectivity index (χ1v) is 10.0. The summed E-state index contributed by atoms with van der Waals surface area (Å²) in [7, 11) is 0. The van der Waals surface area contributed by atoms with E-state index in [-0.39, 0.29) is 0 Å². The first kappa shape index (κ1) is 15.4. The Kier molecular flexibility index (Phi) is 4.85. The van der Waals surface area contributed by atoms with Crippen LogP contribution in [0.15, 0.2) is 35.7 Å². The van der Waals surface area contributed by atoms with Gasteiger partial charge in [-0.15, -0.1) is 11.3 Å². The highest BCUT2D eigenvalue weighted by Gasteiger charge is 2.34. The molecular formula is C17H21N3OS2. The molecule has 2 atom stereocenters. The second kappa shape index (κ2) is 7.21. The van der Waals surface area contributed by atoms with E-state index in [1.54, 1.807) is 11.3 Å². The fourth-order valence-electron chi connectivity index (χ4n) is 3.25. The summed E-state index contributed by atoms with van der Waals surface area (Å²) in [6.45, 7) is 3.92. The van der Waals surface area contributed by atoms with Crippen molar-refractivity contribution in [1.82, 2.24) is 9.88 Å². The van der Waals surface area contributed by atoms with Gasteiger partial charge in [0.05, 0.1) is 12.3 Å². The third-order valence-corrected chi connectivity index (χ3v) is 6.49. The molecule has 1 aromatic carbocycles. The van der Waals surface area contributed by atoms with E-state index in [1.165, 1.54) is 11.4 Å². The minimum Gasteiger partial charge on any atom is -0.380 e. The maximum Gasteiger partial charge on any atom is 0.187 e. The largest absolute Gasteiger partial charge is 0.380 e. The Morgan fingerprint density at radius 3 is 3.13 bits per heavy atom. The van der Waals surface area contributed by atoms with Crippen molar-refractivity contribution in [2.24, 2.45) is 0 Å². The van der Waals surface area contributed by atoms with Crippen LogP contribution in [0.5, 0.6) is 0 Å². The van der Waals surface area contributed by atoms with Crippen LogP contribution in [-0.2, 0) is 11.3 Å². The molecule has 1 aromatic heterocycles. The Bertz CT molecular complexity index is 632. The van der Waals surface area contributed by atoms with Gasteiger partial charge in [-0.05, 0) is 18.6 Å². The molecule has 23 heavy (non-hydrogen) atoms. The van der Waals surface area contributed by atoms with Crippen molar-refractivity contribution >= 4 is 33.9 Å². The highest BCUT2D eigenvalue weighted by Crippen LogP contribution is 2.31. The molecule has 0 amide bonds. The summed E-state index contributed by atoms with van der Waals surface area (Å²) in [5.41, 5.74) is 2.26. The molecule has 0 saturated carbocycles. The van der Waals surface area contributed by atoms with Crippen LogP contribution in [0, 0.1) is 0 Å². The van der Waals surface area contributed by atoms with Crippen LogP contribution in [0.2, 0.25) is 0 Å². The molecule has 122 valence electrons. The van der Waals surface area contributed by atoms with Gasteiger partial charge in [0, 0.05) is 47.8 Å². The van der Waals surface area contributed by atoms with Crippen LogP contribution in [-0.4, -0.2) is 46.7 Å². The summed E-state index contributed by atoms with van der Waals surface area (Å²) in [6.07, 6.45) is 1.15. The number of thiazole rings is 1. The zero-order valence-corrected chi connectivity index (χ0v) is 14.6. The van der Waals surface area contributed by atoms with Crippen molar-refractivity contribution in [1.29, 1.82) is 0 Å². The van der Waals surface area contributed by atoms with Crippen LogP contribution in [0.3, 0.4) is 0 Å². The maximum absolute atomic E-state index is 5.64. The Balaban J connectivity index is 1.41. The van der Waals surface area contributed by atoms with Gasteiger partial charge >= 0.3 is 0 Å². The number of nitrogens with one attached hydrogen (secondary N) is 1. The van der Waals surface area contributed by atoms with Crippen molar-refractivity contribution in [3.63, 3.8) is 0 Å². The van der Waals surface area contributed by atoms with Gasteiger partial charge in [-0.1, -0.05) is 18.2 Å². The monoisotopic (exact) mass is 347 g/mol. The number of aromatic nitrogens is 1. The van der Waals surface area contributed by atoms with Crippen molar-refractivity contribution in [3.8, 4) is 0 Å². The van der Waals surface area contributed by atoms with Crippen LogP contribution < -0.4 is 5.32 Å². The Morgan fingerprint density at radius 1 is 1.30 bits per heavy atom.